The van der Waals surface area contributed by atoms with E-state index < -0.39 is 0 Å². The van der Waals surface area contributed by atoms with Gasteiger partial charge in [-0.3, -0.25) is 0 Å². The zero-order valence-corrected chi connectivity index (χ0v) is 14.2. The minimum Gasteiger partial charge on any atom is -0.497 e. The number of rotatable bonds is 6. The second-order valence-electron chi connectivity index (χ2n) is 5.38. The fraction of sp³-hybridized carbons (Fsp3) is 0.294. The van der Waals surface area contributed by atoms with Crippen molar-refractivity contribution in [2.75, 3.05) is 24.9 Å². The van der Waals surface area contributed by atoms with Crippen LogP contribution in [0.15, 0.2) is 36.5 Å². The van der Waals surface area contributed by atoms with Gasteiger partial charge in [-0.2, -0.15) is 0 Å². The summed E-state index contributed by atoms with van der Waals surface area (Å²) in [7, 11) is 3.20. The third-order valence-corrected chi connectivity index (χ3v) is 3.11. The molecule has 0 aliphatic heterocycles. The van der Waals surface area contributed by atoms with Crippen LogP contribution in [0.5, 0.6) is 11.5 Å². The molecule has 0 radical (unpaired) electrons. The van der Waals surface area contributed by atoms with E-state index in [0.717, 1.165) is 5.69 Å². The lowest BCUT2D eigenvalue weighted by Gasteiger charge is -2.13. The van der Waals surface area contributed by atoms with Gasteiger partial charge in [-0.1, -0.05) is 0 Å². The Kier molecular flexibility index (Phi) is 5.83. The molecule has 0 bridgehead atoms. The van der Waals surface area contributed by atoms with Gasteiger partial charge in [0.1, 0.15) is 17.3 Å². The van der Waals surface area contributed by atoms with E-state index in [9.17, 15) is 4.79 Å². The van der Waals surface area contributed by atoms with Crippen molar-refractivity contribution >= 4 is 23.2 Å². The van der Waals surface area contributed by atoms with E-state index in [1.54, 1.807) is 32.5 Å². The molecule has 0 saturated carbocycles. The quantitative estimate of drug-likeness (QED) is 0.756. The normalized spacial score (nSPS) is 10.2. The van der Waals surface area contributed by atoms with Crippen molar-refractivity contribution in [1.29, 1.82) is 0 Å². The summed E-state index contributed by atoms with van der Waals surface area (Å²) in [5.74, 6) is 2.01. The lowest BCUT2D eigenvalue weighted by Crippen LogP contribution is -2.34. The summed E-state index contributed by atoms with van der Waals surface area (Å²) < 4.78 is 10.5. The van der Waals surface area contributed by atoms with Crippen LogP contribution < -0.4 is 25.4 Å². The Morgan fingerprint density at radius 1 is 1.12 bits per heavy atom. The summed E-state index contributed by atoms with van der Waals surface area (Å²) in [6.07, 6.45) is 1.58. The van der Waals surface area contributed by atoms with Crippen molar-refractivity contribution in [3.63, 3.8) is 0 Å². The molecule has 1 aromatic carbocycles. The minimum absolute atomic E-state index is 0.0689. The van der Waals surface area contributed by atoms with Crippen molar-refractivity contribution in [2.45, 2.75) is 19.9 Å². The van der Waals surface area contributed by atoms with E-state index in [1.807, 2.05) is 32.0 Å². The number of benzene rings is 1. The van der Waals surface area contributed by atoms with Crippen LogP contribution in [0.1, 0.15) is 13.8 Å². The van der Waals surface area contributed by atoms with E-state index in [1.165, 1.54) is 0 Å². The first kappa shape index (κ1) is 17.4. The predicted molar refractivity (Wildman–Crippen MR) is 94.4 cm³/mol. The van der Waals surface area contributed by atoms with Gasteiger partial charge in [-0.25, -0.2) is 9.78 Å². The highest BCUT2D eigenvalue weighted by molar-refractivity contribution is 5.89. The van der Waals surface area contributed by atoms with Crippen molar-refractivity contribution in [3.8, 4) is 11.5 Å². The second kappa shape index (κ2) is 8.05. The number of carbonyl (C=O) groups excluding carboxylic acids is 1. The highest BCUT2D eigenvalue weighted by Crippen LogP contribution is 2.31. The maximum absolute atomic E-state index is 11.7. The molecule has 0 atom stereocenters. The lowest BCUT2D eigenvalue weighted by atomic mass is 10.2. The number of methoxy groups -OCH3 is 2. The van der Waals surface area contributed by atoms with Gasteiger partial charge < -0.3 is 25.4 Å². The molecule has 0 fully saturated rings. The summed E-state index contributed by atoms with van der Waals surface area (Å²) in [5.41, 5.74) is 1.35. The van der Waals surface area contributed by atoms with Gasteiger partial charge in [0.2, 0.25) is 0 Å². The van der Waals surface area contributed by atoms with Gasteiger partial charge in [-0.15, -0.1) is 0 Å². The van der Waals surface area contributed by atoms with Crippen LogP contribution in [0, 0.1) is 0 Å². The molecule has 0 unspecified atom stereocenters. The Hall–Kier alpha value is -2.96. The fourth-order valence-corrected chi connectivity index (χ4v) is 2.02. The van der Waals surface area contributed by atoms with Gasteiger partial charge in [0.05, 0.1) is 31.8 Å². The number of hydrogen-bond donors (Lipinski definition) is 3. The molecular weight excluding hydrogens is 308 g/mol. The molecule has 0 saturated heterocycles. The van der Waals surface area contributed by atoms with Crippen molar-refractivity contribution in [2.24, 2.45) is 0 Å². The second-order valence-corrected chi connectivity index (χ2v) is 5.38. The summed E-state index contributed by atoms with van der Waals surface area (Å²) in [4.78, 5) is 15.9. The molecule has 2 aromatic rings. The van der Waals surface area contributed by atoms with Crippen LogP contribution >= 0.6 is 0 Å². The molecule has 0 aliphatic carbocycles. The highest BCUT2D eigenvalue weighted by atomic mass is 16.5. The summed E-state index contributed by atoms with van der Waals surface area (Å²) in [5, 5.41) is 8.64. The van der Waals surface area contributed by atoms with Gasteiger partial charge in [0.25, 0.3) is 0 Å². The summed E-state index contributed by atoms with van der Waals surface area (Å²) in [6.45, 7) is 3.79. The highest BCUT2D eigenvalue weighted by Gasteiger charge is 2.07. The van der Waals surface area contributed by atoms with Gasteiger partial charge in [0.15, 0.2) is 0 Å². The smallest absolute Gasteiger partial charge is 0.319 e. The van der Waals surface area contributed by atoms with Crippen molar-refractivity contribution in [1.82, 2.24) is 10.3 Å². The molecule has 7 nitrogen and oxygen atoms in total. The third-order valence-electron chi connectivity index (χ3n) is 3.11. The number of ether oxygens (including phenoxy) is 2. The number of urea groups is 1. The molecular formula is C17H22N4O3. The number of nitrogens with zero attached hydrogens (tertiary/aromatic N) is 1. The number of aromatic nitrogens is 1. The van der Waals surface area contributed by atoms with E-state index >= 15 is 0 Å². The molecule has 1 aromatic heterocycles. The number of hydrogen-bond acceptors (Lipinski definition) is 5. The van der Waals surface area contributed by atoms with E-state index in [-0.39, 0.29) is 12.1 Å². The molecule has 3 N–H and O–H groups in total. The number of pyridine rings is 1. The molecule has 128 valence electrons. The maximum Gasteiger partial charge on any atom is 0.319 e. The zero-order chi connectivity index (χ0) is 17.5. The first-order chi connectivity index (χ1) is 11.5. The molecule has 7 heteroatoms. The number of anilines is 3. The largest absolute Gasteiger partial charge is 0.497 e. The van der Waals surface area contributed by atoms with Crippen molar-refractivity contribution in [3.05, 3.63) is 36.5 Å². The monoisotopic (exact) mass is 330 g/mol. The molecule has 0 spiro atoms. The first-order valence-electron chi connectivity index (χ1n) is 7.54. The van der Waals surface area contributed by atoms with Gasteiger partial charge in [-0.05, 0) is 38.1 Å². The third kappa shape index (κ3) is 4.77. The van der Waals surface area contributed by atoms with Crippen LogP contribution in [0.4, 0.5) is 22.0 Å². The SMILES string of the molecule is COc1ccc(OC)c(Nc2ccc(NC(=O)NC(C)C)cn2)c1. The Bertz CT molecular complexity index is 687. The topological polar surface area (TPSA) is 84.5 Å². The van der Waals surface area contributed by atoms with Crippen LogP contribution in [-0.2, 0) is 0 Å². The van der Waals surface area contributed by atoms with Gasteiger partial charge >= 0.3 is 6.03 Å². The summed E-state index contributed by atoms with van der Waals surface area (Å²) in [6, 6.07) is 8.79. The standard InChI is InChI=1S/C17H22N4O3/c1-11(2)19-17(22)20-12-5-8-16(18-10-12)21-14-9-13(23-3)6-7-15(14)24-4/h5-11H,1-4H3,(H,18,21)(H2,19,20,22). The number of nitrogens with one attached hydrogen (secondary N) is 3. The van der Waals surface area contributed by atoms with Crippen molar-refractivity contribution < 1.29 is 14.3 Å². The molecule has 2 rings (SSSR count). The van der Waals surface area contributed by atoms with E-state index in [0.29, 0.717) is 23.0 Å². The fourth-order valence-electron chi connectivity index (χ4n) is 2.02. The lowest BCUT2D eigenvalue weighted by molar-refractivity contribution is 0.250. The van der Waals surface area contributed by atoms with Gasteiger partial charge in [0, 0.05) is 12.1 Å². The number of carbonyl (C=O) groups is 1. The zero-order valence-electron chi connectivity index (χ0n) is 14.2. The number of amides is 2. The summed E-state index contributed by atoms with van der Waals surface area (Å²) >= 11 is 0. The van der Waals surface area contributed by atoms with Crippen LogP contribution in [0.2, 0.25) is 0 Å². The molecule has 0 aliphatic rings. The van der Waals surface area contributed by atoms with E-state index in [4.69, 9.17) is 9.47 Å². The molecule has 2 amide bonds. The Morgan fingerprint density at radius 2 is 1.92 bits per heavy atom. The van der Waals surface area contributed by atoms with Crippen LogP contribution in [0.25, 0.3) is 0 Å². The van der Waals surface area contributed by atoms with Crippen LogP contribution in [0.3, 0.4) is 0 Å². The predicted octanol–water partition coefficient (Wildman–Crippen LogP) is 3.37. The molecule has 1 heterocycles. The average Bonchev–Trinajstić information content (AvgIpc) is 2.55. The first-order valence-corrected chi connectivity index (χ1v) is 7.54. The minimum atomic E-state index is -0.262. The van der Waals surface area contributed by atoms with E-state index in [2.05, 4.69) is 20.9 Å². The Morgan fingerprint density at radius 3 is 2.50 bits per heavy atom. The Balaban J connectivity index is 2.07. The van der Waals surface area contributed by atoms with Crippen LogP contribution in [-0.4, -0.2) is 31.3 Å². The Labute approximate surface area is 141 Å². The molecule has 24 heavy (non-hydrogen) atoms. The average molecular weight is 330 g/mol. The maximum atomic E-state index is 11.7.